The largest absolute Gasteiger partial charge is 0.396 e. The number of nitrogens with one attached hydrogen (secondary N) is 1. The molecule has 0 spiro atoms. The average Bonchev–Trinajstić information content (AvgIpc) is 2.65. The summed E-state index contributed by atoms with van der Waals surface area (Å²) in [6, 6.07) is 6.06. The number of aliphatic hydroxyl groups is 1. The number of hydrogen-bond donors (Lipinski definition) is 2. The van der Waals surface area contributed by atoms with Crippen molar-refractivity contribution < 1.29 is 5.11 Å². The Morgan fingerprint density at radius 3 is 2.56 bits per heavy atom. The molecule has 7 heteroatoms. The van der Waals surface area contributed by atoms with Crippen molar-refractivity contribution in [3.63, 3.8) is 0 Å². The summed E-state index contributed by atoms with van der Waals surface area (Å²) in [6.07, 6.45) is 3.79. The lowest BCUT2D eigenvalue weighted by molar-refractivity contribution is 0.245. The van der Waals surface area contributed by atoms with Crippen molar-refractivity contribution in [2.24, 2.45) is 16.8 Å². The van der Waals surface area contributed by atoms with Crippen LogP contribution in [0.3, 0.4) is 0 Å². The van der Waals surface area contributed by atoms with E-state index in [2.05, 4.69) is 46.9 Å². The maximum Gasteiger partial charge on any atom is 0.194 e. The molecule has 2 N–H and O–H groups in total. The number of pyridine rings is 1. The molecule has 1 atom stereocenters. The molecule has 1 aliphatic heterocycles. The SMILES string of the molecule is CCNC(=NCC(CCO)CC(C)C)N1CCN(c2ccccn2)CC1.I. The Labute approximate surface area is 181 Å². The van der Waals surface area contributed by atoms with E-state index in [-0.39, 0.29) is 30.6 Å². The Morgan fingerprint density at radius 1 is 1.26 bits per heavy atom. The van der Waals surface area contributed by atoms with E-state index in [0.717, 1.165) is 63.9 Å². The third-order valence-electron chi connectivity index (χ3n) is 4.73. The number of hydrogen-bond acceptors (Lipinski definition) is 4. The average molecular weight is 489 g/mol. The number of halogens is 1. The topological polar surface area (TPSA) is 64.0 Å². The minimum absolute atomic E-state index is 0. The van der Waals surface area contributed by atoms with Crippen LogP contribution in [0.15, 0.2) is 29.4 Å². The van der Waals surface area contributed by atoms with Gasteiger partial charge in [-0.1, -0.05) is 19.9 Å². The molecule has 0 aromatic carbocycles. The summed E-state index contributed by atoms with van der Waals surface area (Å²) in [6.45, 7) is 12.3. The third-order valence-corrected chi connectivity index (χ3v) is 4.73. The van der Waals surface area contributed by atoms with Crippen molar-refractivity contribution >= 4 is 35.8 Å². The zero-order chi connectivity index (χ0) is 18.8. The minimum Gasteiger partial charge on any atom is -0.396 e. The number of rotatable bonds is 8. The molecule has 0 saturated carbocycles. The molecule has 1 saturated heterocycles. The number of guanidine groups is 1. The molecule has 6 nitrogen and oxygen atoms in total. The van der Waals surface area contributed by atoms with Crippen LogP contribution in [0, 0.1) is 11.8 Å². The zero-order valence-electron chi connectivity index (χ0n) is 17.0. The van der Waals surface area contributed by atoms with Gasteiger partial charge in [-0.25, -0.2) is 4.98 Å². The first-order valence-electron chi connectivity index (χ1n) is 9.94. The highest BCUT2D eigenvalue weighted by Crippen LogP contribution is 2.16. The van der Waals surface area contributed by atoms with Crippen molar-refractivity contribution in [2.75, 3.05) is 50.8 Å². The van der Waals surface area contributed by atoms with Crippen LogP contribution in [0.4, 0.5) is 5.82 Å². The van der Waals surface area contributed by atoms with E-state index in [1.165, 1.54) is 0 Å². The van der Waals surface area contributed by atoms with E-state index < -0.39 is 0 Å². The van der Waals surface area contributed by atoms with Gasteiger partial charge in [-0.3, -0.25) is 4.99 Å². The lowest BCUT2D eigenvalue weighted by Crippen LogP contribution is -2.52. The molecule has 2 heterocycles. The summed E-state index contributed by atoms with van der Waals surface area (Å²) in [7, 11) is 0. The second kappa shape index (κ2) is 13.1. The van der Waals surface area contributed by atoms with E-state index in [9.17, 15) is 5.11 Å². The van der Waals surface area contributed by atoms with Crippen molar-refractivity contribution in [2.45, 2.75) is 33.6 Å². The van der Waals surface area contributed by atoms with Crippen LogP contribution in [0.2, 0.25) is 0 Å². The van der Waals surface area contributed by atoms with E-state index in [1.54, 1.807) is 0 Å². The first-order chi connectivity index (χ1) is 12.6. The summed E-state index contributed by atoms with van der Waals surface area (Å²) in [5.41, 5.74) is 0. The quantitative estimate of drug-likeness (QED) is 0.334. The summed E-state index contributed by atoms with van der Waals surface area (Å²) in [4.78, 5) is 14.0. The molecule has 0 amide bonds. The molecule has 0 bridgehead atoms. The summed E-state index contributed by atoms with van der Waals surface area (Å²) >= 11 is 0. The Hall–Kier alpha value is -1.09. The Kier molecular flexibility index (Phi) is 11.7. The first kappa shape index (κ1) is 23.9. The van der Waals surface area contributed by atoms with Gasteiger partial charge in [0.2, 0.25) is 0 Å². The smallest absolute Gasteiger partial charge is 0.194 e. The van der Waals surface area contributed by atoms with E-state index in [4.69, 9.17) is 4.99 Å². The highest BCUT2D eigenvalue weighted by Gasteiger charge is 2.20. The van der Waals surface area contributed by atoms with Gasteiger partial charge in [-0.05, 0) is 43.7 Å². The third kappa shape index (κ3) is 8.21. The Balaban J connectivity index is 0.00000364. The van der Waals surface area contributed by atoms with Gasteiger partial charge in [-0.2, -0.15) is 0 Å². The Bertz CT molecular complexity index is 532. The molecule has 1 unspecified atom stereocenters. The lowest BCUT2D eigenvalue weighted by Gasteiger charge is -2.37. The number of anilines is 1. The monoisotopic (exact) mass is 489 g/mol. The second-order valence-electron chi connectivity index (χ2n) is 7.36. The van der Waals surface area contributed by atoms with Crippen LogP contribution in [0.5, 0.6) is 0 Å². The molecule has 1 fully saturated rings. The fourth-order valence-corrected chi connectivity index (χ4v) is 3.46. The molecule has 1 aliphatic rings. The molecule has 27 heavy (non-hydrogen) atoms. The zero-order valence-corrected chi connectivity index (χ0v) is 19.3. The fraction of sp³-hybridized carbons (Fsp3) is 0.700. The minimum atomic E-state index is 0. The summed E-state index contributed by atoms with van der Waals surface area (Å²) < 4.78 is 0. The molecule has 0 aliphatic carbocycles. The van der Waals surface area contributed by atoms with Gasteiger partial charge in [-0.15, -0.1) is 24.0 Å². The van der Waals surface area contributed by atoms with Crippen LogP contribution in [-0.4, -0.2) is 66.8 Å². The van der Waals surface area contributed by atoms with Gasteiger partial charge in [0.15, 0.2) is 5.96 Å². The predicted octanol–water partition coefficient (Wildman–Crippen LogP) is 2.83. The van der Waals surface area contributed by atoms with Crippen molar-refractivity contribution in [3.8, 4) is 0 Å². The normalized spacial score (nSPS) is 16.3. The van der Waals surface area contributed by atoms with E-state index in [1.807, 2.05) is 18.3 Å². The fourth-order valence-electron chi connectivity index (χ4n) is 3.46. The van der Waals surface area contributed by atoms with Crippen LogP contribution < -0.4 is 10.2 Å². The maximum atomic E-state index is 9.32. The molecule has 154 valence electrons. The number of piperazine rings is 1. The van der Waals surface area contributed by atoms with E-state index in [0.29, 0.717) is 11.8 Å². The van der Waals surface area contributed by atoms with Crippen molar-refractivity contribution in [1.29, 1.82) is 0 Å². The van der Waals surface area contributed by atoms with Gasteiger partial charge >= 0.3 is 0 Å². The van der Waals surface area contributed by atoms with E-state index >= 15 is 0 Å². The van der Waals surface area contributed by atoms with Gasteiger partial charge in [0.05, 0.1) is 0 Å². The predicted molar refractivity (Wildman–Crippen MR) is 124 cm³/mol. The van der Waals surface area contributed by atoms with Crippen LogP contribution in [-0.2, 0) is 0 Å². The highest BCUT2D eigenvalue weighted by atomic mass is 127. The molecule has 1 aromatic heterocycles. The first-order valence-corrected chi connectivity index (χ1v) is 9.94. The maximum absolute atomic E-state index is 9.32. The number of aliphatic hydroxyl groups excluding tert-OH is 1. The standard InChI is InChI=1S/C20H35N5O.HI/c1-4-21-20(23-16-18(8-14-26)15-17(2)3)25-12-10-24(11-13-25)19-7-5-6-9-22-19;/h5-7,9,17-18,26H,4,8,10-16H2,1-3H3,(H,21,23);1H. The lowest BCUT2D eigenvalue weighted by atomic mass is 9.94. The van der Waals surface area contributed by atoms with Crippen LogP contribution >= 0.6 is 24.0 Å². The summed E-state index contributed by atoms with van der Waals surface area (Å²) in [5, 5.41) is 12.8. The van der Waals surface area contributed by atoms with Crippen molar-refractivity contribution in [3.05, 3.63) is 24.4 Å². The van der Waals surface area contributed by atoms with Crippen LogP contribution in [0.25, 0.3) is 0 Å². The molecule has 2 rings (SSSR count). The number of aliphatic imine (C=N–C) groups is 1. The number of nitrogens with zero attached hydrogens (tertiary/aromatic N) is 4. The van der Waals surface area contributed by atoms with Crippen molar-refractivity contribution in [1.82, 2.24) is 15.2 Å². The molecular formula is C20H36IN5O. The second-order valence-corrected chi connectivity index (χ2v) is 7.36. The molecule has 1 aromatic rings. The summed E-state index contributed by atoms with van der Waals surface area (Å²) in [5.74, 6) is 3.13. The van der Waals surface area contributed by atoms with Crippen LogP contribution in [0.1, 0.15) is 33.6 Å². The molecular weight excluding hydrogens is 453 g/mol. The van der Waals surface area contributed by atoms with Gasteiger partial charge < -0.3 is 20.2 Å². The van der Waals surface area contributed by atoms with Gasteiger partial charge in [0, 0.05) is 52.1 Å². The van der Waals surface area contributed by atoms with Gasteiger partial charge in [0.25, 0.3) is 0 Å². The molecule has 0 radical (unpaired) electrons. The van der Waals surface area contributed by atoms with Gasteiger partial charge in [0.1, 0.15) is 5.82 Å². The highest BCUT2D eigenvalue weighted by molar-refractivity contribution is 14.0. The Morgan fingerprint density at radius 2 is 2.00 bits per heavy atom. The number of aromatic nitrogens is 1.